The average Bonchev–Trinajstić information content (AvgIpc) is 2.38. The molecule has 0 N–H and O–H groups in total. The highest BCUT2D eigenvalue weighted by atomic mass is 16.6. The van der Waals surface area contributed by atoms with Crippen LogP contribution in [0.25, 0.3) is 0 Å². The number of amides is 1. The SMILES string of the molecule is CC(C)(C)OC(=O)N1CCCCC1Oc1cccnc1. The van der Waals surface area contributed by atoms with Gasteiger partial charge >= 0.3 is 6.09 Å². The number of rotatable bonds is 2. The number of carbonyl (C=O) groups excluding carboxylic acids is 1. The molecule has 5 nitrogen and oxygen atoms in total. The standard InChI is InChI=1S/C15H22N2O3/c1-15(2,3)20-14(18)17-10-5-4-8-13(17)19-12-7-6-9-16-11-12/h6-7,9,11,13H,4-5,8,10H2,1-3H3. The molecule has 0 bridgehead atoms. The zero-order chi connectivity index (χ0) is 14.6. The highest BCUT2D eigenvalue weighted by Gasteiger charge is 2.31. The van der Waals surface area contributed by atoms with Gasteiger partial charge in [-0.3, -0.25) is 9.88 Å². The van der Waals surface area contributed by atoms with Crippen molar-refractivity contribution in [2.45, 2.75) is 51.9 Å². The van der Waals surface area contributed by atoms with Crippen molar-refractivity contribution in [3.05, 3.63) is 24.5 Å². The lowest BCUT2D eigenvalue weighted by Crippen LogP contribution is -2.48. The van der Waals surface area contributed by atoms with E-state index in [0.717, 1.165) is 19.3 Å². The number of piperidine rings is 1. The summed E-state index contributed by atoms with van der Waals surface area (Å²) in [7, 11) is 0. The monoisotopic (exact) mass is 278 g/mol. The van der Waals surface area contributed by atoms with Crippen molar-refractivity contribution < 1.29 is 14.3 Å². The van der Waals surface area contributed by atoms with Crippen molar-refractivity contribution in [1.82, 2.24) is 9.88 Å². The van der Waals surface area contributed by atoms with Crippen LogP contribution in [0.15, 0.2) is 24.5 Å². The fraction of sp³-hybridized carbons (Fsp3) is 0.600. The molecule has 1 aromatic heterocycles. The summed E-state index contributed by atoms with van der Waals surface area (Å²) in [6.07, 6.45) is 5.60. The first-order chi connectivity index (χ1) is 9.46. The first kappa shape index (κ1) is 14.6. The Morgan fingerprint density at radius 1 is 1.40 bits per heavy atom. The third-order valence-electron chi connectivity index (χ3n) is 2.98. The molecule has 20 heavy (non-hydrogen) atoms. The number of pyridine rings is 1. The minimum Gasteiger partial charge on any atom is -0.469 e. The minimum absolute atomic E-state index is 0.275. The van der Waals surface area contributed by atoms with Gasteiger partial charge in [0.2, 0.25) is 0 Å². The van der Waals surface area contributed by atoms with Crippen molar-refractivity contribution in [2.24, 2.45) is 0 Å². The first-order valence-electron chi connectivity index (χ1n) is 7.02. The molecule has 1 aliphatic heterocycles. The van der Waals surface area contributed by atoms with Gasteiger partial charge in [0.25, 0.3) is 0 Å². The predicted octanol–water partition coefficient (Wildman–Crippen LogP) is 3.21. The Morgan fingerprint density at radius 3 is 2.85 bits per heavy atom. The van der Waals surface area contributed by atoms with Gasteiger partial charge in [0.1, 0.15) is 11.4 Å². The van der Waals surface area contributed by atoms with Gasteiger partial charge in [-0.2, -0.15) is 0 Å². The number of ether oxygens (including phenoxy) is 2. The molecule has 0 aliphatic carbocycles. The van der Waals surface area contributed by atoms with Gasteiger partial charge in [-0.05, 0) is 45.7 Å². The zero-order valence-corrected chi connectivity index (χ0v) is 12.3. The third kappa shape index (κ3) is 4.11. The first-order valence-corrected chi connectivity index (χ1v) is 7.02. The van der Waals surface area contributed by atoms with E-state index in [1.807, 2.05) is 32.9 Å². The lowest BCUT2D eigenvalue weighted by Gasteiger charge is -2.36. The summed E-state index contributed by atoms with van der Waals surface area (Å²) in [5, 5.41) is 0. The molecule has 1 aliphatic rings. The number of hydrogen-bond donors (Lipinski definition) is 0. The predicted molar refractivity (Wildman–Crippen MR) is 75.4 cm³/mol. The van der Waals surface area contributed by atoms with Gasteiger partial charge < -0.3 is 9.47 Å². The van der Waals surface area contributed by atoms with Gasteiger partial charge in [0.05, 0.1) is 6.20 Å². The Labute approximate surface area is 119 Å². The summed E-state index contributed by atoms with van der Waals surface area (Å²) in [6.45, 7) is 6.27. The molecular weight excluding hydrogens is 256 g/mol. The van der Waals surface area contributed by atoms with E-state index >= 15 is 0 Å². The number of nitrogens with zero attached hydrogens (tertiary/aromatic N) is 2. The van der Waals surface area contributed by atoms with Crippen LogP contribution in [0.2, 0.25) is 0 Å². The van der Waals surface area contributed by atoms with Crippen LogP contribution >= 0.6 is 0 Å². The summed E-state index contributed by atoms with van der Waals surface area (Å²) in [5.41, 5.74) is -0.493. The fourth-order valence-corrected chi connectivity index (χ4v) is 2.13. The topological polar surface area (TPSA) is 51.7 Å². The smallest absolute Gasteiger partial charge is 0.413 e. The third-order valence-corrected chi connectivity index (χ3v) is 2.98. The van der Waals surface area contributed by atoms with Gasteiger partial charge in [-0.25, -0.2) is 4.79 Å². The molecule has 1 amide bonds. The Kier molecular flexibility index (Phi) is 4.47. The zero-order valence-electron chi connectivity index (χ0n) is 12.3. The summed E-state index contributed by atoms with van der Waals surface area (Å²) < 4.78 is 11.3. The molecule has 5 heteroatoms. The number of likely N-dealkylation sites (tertiary alicyclic amines) is 1. The largest absolute Gasteiger partial charge is 0.469 e. The van der Waals surface area contributed by atoms with E-state index in [1.54, 1.807) is 17.3 Å². The number of carbonyl (C=O) groups is 1. The molecule has 0 saturated carbocycles. The molecule has 1 aromatic rings. The van der Waals surface area contributed by atoms with E-state index < -0.39 is 5.60 Å². The molecule has 1 atom stereocenters. The van der Waals surface area contributed by atoms with E-state index in [2.05, 4.69) is 4.98 Å². The fourth-order valence-electron chi connectivity index (χ4n) is 2.13. The summed E-state index contributed by atoms with van der Waals surface area (Å²) in [6, 6.07) is 3.66. The van der Waals surface area contributed by atoms with Crippen molar-refractivity contribution in [2.75, 3.05) is 6.54 Å². The second kappa shape index (κ2) is 6.11. The molecule has 0 aromatic carbocycles. The Hall–Kier alpha value is -1.78. The average molecular weight is 278 g/mol. The van der Waals surface area contributed by atoms with Crippen molar-refractivity contribution in [3.8, 4) is 5.75 Å². The molecule has 1 fully saturated rings. The normalized spacial score (nSPS) is 19.6. The quantitative estimate of drug-likeness (QED) is 0.833. The van der Waals surface area contributed by atoms with Crippen LogP contribution in [-0.4, -0.2) is 34.4 Å². The number of hydrogen-bond acceptors (Lipinski definition) is 4. The molecule has 110 valence electrons. The van der Waals surface area contributed by atoms with E-state index in [9.17, 15) is 4.79 Å². The van der Waals surface area contributed by atoms with Crippen LogP contribution in [0.1, 0.15) is 40.0 Å². The van der Waals surface area contributed by atoms with Crippen molar-refractivity contribution in [3.63, 3.8) is 0 Å². The highest BCUT2D eigenvalue weighted by Crippen LogP contribution is 2.23. The van der Waals surface area contributed by atoms with Crippen LogP contribution < -0.4 is 4.74 Å². The lowest BCUT2D eigenvalue weighted by molar-refractivity contribution is -0.0343. The van der Waals surface area contributed by atoms with Crippen LogP contribution in [0.5, 0.6) is 5.75 Å². The minimum atomic E-state index is -0.493. The van der Waals surface area contributed by atoms with Crippen LogP contribution in [0.3, 0.4) is 0 Å². The Morgan fingerprint density at radius 2 is 2.20 bits per heavy atom. The second-order valence-corrected chi connectivity index (χ2v) is 5.93. The van der Waals surface area contributed by atoms with Crippen LogP contribution in [-0.2, 0) is 4.74 Å². The molecule has 1 saturated heterocycles. The maximum absolute atomic E-state index is 12.2. The summed E-state index contributed by atoms with van der Waals surface area (Å²) in [4.78, 5) is 17.9. The summed E-state index contributed by atoms with van der Waals surface area (Å²) in [5.74, 6) is 0.674. The summed E-state index contributed by atoms with van der Waals surface area (Å²) >= 11 is 0. The molecule has 0 radical (unpaired) electrons. The highest BCUT2D eigenvalue weighted by molar-refractivity contribution is 5.68. The van der Waals surface area contributed by atoms with Crippen LogP contribution in [0, 0.1) is 0 Å². The Bertz CT molecular complexity index is 442. The molecule has 0 spiro atoms. The van der Waals surface area contributed by atoms with Crippen LogP contribution in [0.4, 0.5) is 4.79 Å². The molecule has 2 heterocycles. The Balaban J connectivity index is 2.03. The second-order valence-electron chi connectivity index (χ2n) is 5.93. The van der Waals surface area contributed by atoms with Crippen molar-refractivity contribution >= 4 is 6.09 Å². The van der Waals surface area contributed by atoms with E-state index in [0.29, 0.717) is 12.3 Å². The van der Waals surface area contributed by atoms with Gasteiger partial charge in [0, 0.05) is 19.2 Å². The maximum atomic E-state index is 12.2. The molecular formula is C15H22N2O3. The van der Waals surface area contributed by atoms with E-state index in [-0.39, 0.29) is 12.3 Å². The van der Waals surface area contributed by atoms with E-state index in [4.69, 9.17) is 9.47 Å². The number of aromatic nitrogens is 1. The van der Waals surface area contributed by atoms with E-state index in [1.165, 1.54) is 0 Å². The van der Waals surface area contributed by atoms with Gasteiger partial charge in [-0.15, -0.1) is 0 Å². The molecule has 1 unspecified atom stereocenters. The van der Waals surface area contributed by atoms with Gasteiger partial charge in [0.15, 0.2) is 6.23 Å². The van der Waals surface area contributed by atoms with Gasteiger partial charge in [-0.1, -0.05) is 0 Å². The van der Waals surface area contributed by atoms with Crippen molar-refractivity contribution in [1.29, 1.82) is 0 Å². The lowest BCUT2D eigenvalue weighted by atomic mass is 10.1. The molecule has 2 rings (SSSR count). The maximum Gasteiger partial charge on any atom is 0.413 e.